The zero-order chi connectivity index (χ0) is 12.0. The molecular weight excluding hydrogens is 206 g/mol. The van der Waals surface area contributed by atoms with E-state index >= 15 is 0 Å². The number of rotatable bonds is 4. The van der Waals surface area contributed by atoms with Crippen molar-refractivity contribution >= 4 is 11.9 Å². The van der Waals surface area contributed by atoms with Gasteiger partial charge in [-0.2, -0.15) is 0 Å². The van der Waals surface area contributed by atoms with E-state index in [1.54, 1.807) is 31.2 Å². The van der Waals surface area contributed by atoms with Crippen molar-refractivity contribution in [2.45, 2.75) is 13.0 Å². The molecule has 0 heterocycles. The maximum atomic E-state index is 11.5. The second-order valence-electron chi connectivity index (χ2n) is 3.17. The lowest BCUT2D eigenvalue weighted by Crippen LogP contribution is -2.39. The van der Waals surface area contributed by atoms with Crippen molar-refractivity contribution < 1.29 is 14.3 Å². The van der Waals surface area contributed by atoms with E-state index in [0.29, 0.717) is 5.75 Å². The fourth-order valence-corrected chi connectivity index (χ4v) is 1.02. The summed E-state index contributed by atoms with van der Waals surface area (Å²) in [6.07, 6.45) is 1.10. The van der Waals surface area contributed by atoms with Gasteiger partial charge in [0.25, 0.3) is 0 Å². The Balaban J connectivity index is 2.52. The molecule has 16 heavy (non-hydrogen) atoms. The van der Waals surface area contributed by atoms with Gasteiger partial charge in [-0.05, 0) is 25.1 Å². The fraction of sp³-hybridized carbons (Fsp3) is 0.167. The van der Waals surface area contributed by atoms with Crippen LogP contribution < -0.4 is 10.1 Å². The average molecular weight is 219 g/mol. The summed E-state index contributed by atoms with van der Waals surface area (Å²) >= 11 is 0. The minimum Gasteiger partial charge on any atom is -0.425 e. The van der Waals surface area contributed by atoms with Gasteiger partial charge in [0, 0.05) is 0 Å². The van der Waals surface area contributed by atoms with Gasteiger partial charge < -0.3 is 10.1 Å². The normalized spacial score (nSPS) is 11.3. The van der Waals surface area contributed by atoms with Crippen molar-refractivity contribution in [1.82, 2.24) is 5.32 Å². The predicted molar refractivity (Wildman–Crippen MR) is 59.9 cm³/mol. The van der Waals surface area contributed by atoms with Gasteiger partial charge >= 0.3 is 5.97 Å². The maximum Gasteiger partial charge on any atom is 0.333 e. The first kappa shape index (κ1) is 12.0. The second-order valence-corrected chi connectivity index (χ2v) is 3.17. The average Bonchev–Trinajstić information content (AvgIpc) is 2.30. The van der Waals surface area contributed by atoms with Gasteiger partial charge in [0.05, 0.1) is 0 Å². The van der Waals surface area contributed by atoms with E-state index in [0.717, 1.165) is 6.08 Å². The van der Waals surface area contributed by atoms with E-state index in [2.05, 4.69) is 11.9 Å². The lowest BCUT2D eigenvalue weighted by Gasteiger charge is -2.11. The Bertz CT molecular complexity index is 387. The van der Waals surface area contributed by atoms with Gasteiger partial charge in [-0.25, -0.2) is 4.79 Å². The van der Waals surface area contributed by atoms with Crippen LogP contribution in [0.5, 0.6) is 5.75 Å². The van der Waals surface area contributed by atoms with Crippen molar-refractivity contribution in [2.24, 2.45) is 0 Å². The summed E-state index contributed by atoms with van der Waals surface area (Å²) in [5.41, 5.74) is 0. The van der Waals surface area contributed by atoms with Crippen molar-refractivity contribution in [3.05, 3.63) is 43.0 Å². The van der Waals surface area contributed by atoms with Gasteiger partial charge in [-0.1, -0.05) is 24.8 Å². The third-order valence-electron chi connectivity index (χ3n) is 1.86. The van der Waals surface area contributed by atoms with Crippen LogP contribution in [0.25, 0.3) is 0 Å². The number of amides is 1. The van der Waals surface area contributed by atoms with E-state index < -0.39 is 17.9 Å². The molecule has 4 heteroatoms. The number of hydrogen-bond acceptors (Lipinski definition) is 3. The highest BCUT2D eigenvalue weighted by molar-refractivity contribution is 5.91. The third kappa shape index (κ3) is 3.57. The molecule has 4 nitrogen and oxygen atoms in total. The van der Waals surface area contributed by atoms with Crippen molar-refractivity contribution in [3.8, 4) is 5.75 Å². The van der Waals surface area contributed by atoms with Crippen LogP contribution in [0.2, 0.25) is 0 Å². The van der Waals surface area contributed by atoms with Crippen LogP contribution in [0.1, 0.15) is 6.92 Å². The molecule has 1 aromatic carbocycles. The number of ether oxygens (including phenoxy) is 1. The van der Waals surface area contributed by atoms with Crippen LogP contribution in [0.15, 0.2) is 43.0 Å². The molecule has 1 aromatic rings. The summed E-state index contributed by atoms with van der Waals surface area (Å²) in [4.78, 5) is 22.4. The number of carbonyl (C=O) groups excluding carboxylic acids is 2. The lowest BCUT2D eigenvalue weighted by atomic mass is 10.3. The first-order valence-electron chi connectivity index (χ1n) is 4.83. The Kier molecular flexibility index (Phi) is 4.27. The fourth-order valence-electron chi connectivity index (χ4n) is 1.02. The van der Waals surface area contributed by atoms with Crippen molar-refractivity contribution in [3.63, 3.8) is 0 Å². The number of carbonyl (C=O) groups is 2. The smallest absolute Gasteiger partial charge is 0.333 e. The molecule has 84 valence electrons. The summed E-state index contributed by atoms with van der Waals surface area (Å²) in [6, 6.07) is 7.97. The molecule has 0 saturated heterocycles. The summed E-state index contributed by atoms with van der Waals surface area (Å²) < 4.78 is 5.03. The van der Waals surface area contributed by atoms with E-state index in [9.17, 15) is 9.59 Å². The standard InChI is InChI=1S/C12H13NO3/c1-3-11(14)13-9(2)12(15)16-10-7-5-4-6-8-10/h3-9H,1H2,2H3,(H,13,14)/t9-/m0/s1. The maximum absolute atomic E-state index is 11.5. The molecule has 0 aliphatic carbocycles. The first-order chi connectivity index (χ1) is 7.63. The zero-order valence-electron chi connectivity index (χ0n) is 8.97. The summed E-state index contributed by atoms with van der Waals surface area (Å²) in [5.74, 6) is -0.467. The Labute approximate surface area is 93.9 Å². The van der Waals surface area contributed by atoms with Crippen LogP contribution in [0.4, 0.5) is 0 Å². The molecule has 1 N–H and O–H groups in total. The van der Waals surface area contributed by atoms with Gasteiger partial charge in [0.1, 0.15) is 11.8 Å². The van der Waals surface area contributed by atoms with E-state index in [1.807, 2.05) is 6.07 Å². The largest absolute Gasteiger partial charge is 0.425 e. The highest BCUT2D eigenvalue weighted by atomic mass is 16.5. The molecule has 1 amide bonds. The van der Waals surface area contributed by atoms with Crippen molar-refractivity contribution in [1.29, 1.82) is 0 Å². The topological polar surface area (TPSA) is 55.4 Å². The number of para-hydroxylation sites is 1. The molecule has 0 saturated carbocycles. The first-order valence-corrected chi connectivity index (χ1v) is 4.83. The molecule has 0 fully saturated rings. The highest BCUT2D eigenvalue weighted by Gasteiger charge is 2.16. The van der Waals surface area contributed by atoms with Crippen LogP contribution in [-0.2, 0) is 9.59 Å². The SMILES string of the molecule is C=CC(=O)N[C@@H](C)C(=O)Oc1ccccc1. The molecule has 1 atom stereocenters. The van der Waals surface area contributed by atoms with Gasteiger partial charge in [-0.3, -0.25) is 4.79 Å². The number of esters is 1. The summed E-state index contributed by atoms with van der Waals surface area (Å²) in [5, 5.41) is 2.42. The van der Waals surface area contributed by atoms with Gasteiger partial charge in [0.2, 0.25) is 5.91 Å². The van der Waals surface area contributed by atoms with Crippen molar-refractivity contribution in [2.75, 3.05) is 0 Å². The molecule has 0 aliphatic rings. The molecule has 0 bridgehead atoms. The molecule has 1 rings (SSSR count). The number of nitrogens with one attached hydrogen (secondary N) is 1. The Morgan fingerprint density at radius 3 is 2.56 bits per heavy atom. The minimum absolute atomic E-state index is 0.405. The monoisotopic (exact) mass is 219 g/mol. The summed E-state index contributed by atoms with van der Waals surface area (Å²) in [7, 11) is 0. The number of hydrogen-bond donors (Lipinski definition) is 1. The lowest BCUT2D eigenvalue weighted by molar-refractivity contribution is -0.138. The molecular formula is C12H13NO3. The van der Waals surface area contributed by atoms with E-state index in [4.69, 9.17) is 4.74 Å². The molecule has 0 aromatic heterocycles. The minimum atomic E-state index is -0.703. The molecule has 0 spiro atoms. The third-order valence-corrected chi connectivity index (χ3v) is 1.86. The second kappa shape index (κ2) is 5.70. The van der Waals surface area contributed by atoms with E-state index in [1.165, 1.54) is 0 Å². The van der Waals surface area contributed by atoms with Crippen LogP contribution in [0, 0.1) is 0 Å². The van der Waals surface area contributed by atoms with Gasteiger partial charge in [0.15, 0.2) is 0 Å². The molecule has 0 unspecified atom stereocenters. The Morgan fingerprint density at radius 2 is 2.00 bits per heavy atom. The van der Waals surface area contributed by atoms with Crippen LogP contribution in [-0.4, -0.2) is 17.9 Å². The van der Waals surface area contributed by atoms with E-state index in [-0.39, 0.29) is 0 Å². The van der Waals surface area contributed by atoms with Gasteiger partial charge in [-0.15, -0.1) is 0 Å². The number of benzene rings is 1. The highest BCUT2D eigenvalue weighted by Crippen LogP contribution is 2.09. The molecule has 0 radical (unpaired) electrons. The zero-order valence-corrected chi connectivity index (χ0v) is 8.97. The predicted octanol–water partition coefficient (Wildman–Crippen LogP) is 1.28. The molecule has 0 aliphatic heterocycles. The van der Waals surface area contributed by atoms with Crippen LogP contribution in [0.3, 0.4) is 0 Å². The quantitative estimate of drug-likeness (QED) is 0.471. The Morgan fingerprint density at radius 1 is 1.38 bits per heavy atom. The Hall–Kier alpha value is -2.10. The summed E-state index contributed by atoms with van der Waals surface area (Å²) in [6.45, 7) is 4.84. The van der Waals surface area contributed by atoms with Crippen LogP contribution >= 0.6 is 0 Å².